The second-order valence-corrected chi connectivity index (χ2v) is 6.34. The minimum Gasteiger partial charge on any atom is -0.378 e. The van der Waals surface area contributed by atoms with Gasteiger partial charge in [0.05, 0.1) is 34.9 Å². The number of anilines is 1. The van der Waals surface area contributed by atoms with Gasteiger partial charge in [-0.25, -0.2) is 0 Å². The first-order valence-electron chi connectivity index (χ1n) is 7.54. The van der Waals surface area contributed by atoms with E-state index in [1.807, 2.05) is 29.5 Å². The fraction of sp³-hybridized carbons (Fsp3) is 0.429. The summed E-state index contributed by atoms with van der Waals surface area (Å²) in [5, 5.41) is 13.4. The quantitative estimate of drug-likeness (QED) is 0.684. The normalized spacial score (nSPS) is 14.7. The van der Waals surface area contributed by atoms with Crippen LogP contribution in [0.4, 0.5) is 5.69 Å². The molecule has 1 aliphatic heterocycles. The molecule has 10 heteroatoms. The molecule has 128 valence electrons. The standard InChI is InChI=1S/C14H17IN6O3/c1-2-21-12(14(23)20-3-5-24-6-4-20)10(8-17-21)18-13(22)11-9(15)7-16-19-11/h7-8H,2-6H2,1H3,(H,16,19)(H,18,22). The molecule has 0 bridgehead atoms. The number of morpholine rings is 1. The lowest BCUT2D eigenvalue weighted by atomic mass is 10.2. The van der Waals surface area contributed by atoms with Crippen molar-refractivity contribution in [3.8, 4) is 0 Å². The Balaban J connectivity index is 1.86. The number of nitrogens with one attached hydrogen (secondary N) is 2. The zero-order chi connectivity index (χ0) is 17.1. The van der Waals surface area contributed by atoms with Crippen LogP contribution in [0.3, 0.4) is 0 Å². The number of aromatic nitrogens is 4. The highest BCUT2D eigenvalue weighted by atomic mass is 127. The molecule has 3 heterocycles. The molecule has 1 saturated heterocycles. The Hall–Kier alpha value is -1.95. The summed E-state index contributed by atoms with van der Waals surface area (Å²) in [6.07, 6.45) is 3.06. The van der Waals surface area contributed by atoms with Crippen LogP contribution >= 0.6 is 22.6 Å². The molecule has 0 spiro atoms. The van der Waals surface area contributed by atoms with Crippen LogP contribution in [0.1, 0.15) is 27.9 Å². The van der Waals surface area contributed by atoms with E-state index < -0.39 is 0 Å². The molecule has 9 nitrogen and oxygen atoms in total. The third-order valence-electron chi connectivity index (χ3n) is 3.71. The molecule has 1 aliphatic rings. The zero-order valence-electron chi connectivity index (χ0n) is 13.1. The van der Waals surface area contributed by atoms with Gasteiger partial charge in [-0.2, -0.15) is 10.2 Å². The van der Waals surface area contributed by atoms with Gasteiger partial charge in [0, 0.05) is 19.6 Å². The number of aromatic amines is 1. The van der Waals surface area contributed by atoms with Gasteiger partial charge < -0.3 is 15.0 Å². The van der Waals surface area contributed by atoms with Gasteiger partial charge in [-0.3, -0.25) is 19.4 Å². The summed E-state index contributed by atoms with van der Waals surface area (Å²) in [5.41, 5.74) is 1.12. The van der Waals surface area contributed by atoms with Gasteiger partial charge in [0.1, 0.15) is 11.4 Å². The molecule has 0 aromatic carbocycles. The van der Waals surface area contributed by atoms with Crippen LogP contribution in [0.2, 0.25) is 0 Å². The van der Waals surface area contributed by atoms with Crippen molar-refractivity contribution in [2.24, 2.45) is 0 Å². The predicted octanol–water partition coefficient (Wildman–Crippen LogP) is 0.955. The first-order valence-corrected chi connectivity index (χ1v) is 8.62. The van der Waals surface area contributed by atoms with Gasteiger partial charge in [0.2, 0.25) is 0 Å². The number of carbonyl (C=O) groups excluding carboxylic acids is 2. The monoisotopic (exact) mass is 444 g/mol. The van der Waals surface area contributed by atoms with Crippen LogP contribution in [0, 0.1) is 3.57 Å². The van der Waals surface area contributed by atoms with Gasteiger partial charge in [-0.1, -0.05) is 0 Å². The van der Waals surface area contributed by atoms with E-state index in [0.29, 0.717) is 53.5 Å². The summed E-state index contributed by atoms with van der Waals surface area (Å²) in [6.45, 7) is 4.51. The molecule has 0 atom stereocenters. The third-order valence-corrected chi connectivity index (χ3v) is 4.53. The van der Waals surface area contributed by atoms with E-state index in [1.165, 1.54) is 6.20 Å². The molecule has 1 fully saturated rings. The summed E-state index contributed by atoms with van der Waals surface area (Å²) >= 11 is 2.02. The lowest BCUT2D eigenvalue weighted by molar-refractivity contribution is 0.0295. The van der Waals surface area contributed by atoms with E-state index in [4.69, 9.17) is 4.74 Å². The molecular formula is C14H17IN6O3. The summed E-state index contributed by atoms with van der Waals surface area (Å²) in [5.74, 6) is -0.518. The van der Waals surface area contributed by atoms with Gasteiger partial charge in [-0.15, -0.1) is 0 Å². The third kappa shape index (κ3) is 3.29. The highest BCUT2D eigenvalue weighted by Crippen LogP contribution is 2.20. The first kappa shape index (κ1) is 16.9. The number of hydrogen-bond acceptors (Lipinski definition) is 5. The number of aryl methyl sites for hydroxylation is 1. The molecule has 2 amide bonds. The summed E-state index contributed by atoms with van der Waals surface area (Å²) in [6, 6.07) is 0. The Morgan fingerprint density at radius 2 is 2.12 bits per heavy atom. The Morgan fingerprint density at radius 1 is 1.38 bits per heavy atom. The number of hydrogen-bond donors (Lipinski definition) is 2. The van der Waals surface area contributed by atoms with E-state index in [1.54, 1.807) is 15.8 Å². The van der Waals surface area contributed by atoms with E-state index >= 15 is 0 Å². The minimum absolute atomic E-state index is 0.160. The van der Waals surface area contributed by atoms with Crippen LogP contribution in [0.25, 0.3) is 0 Å². The summed E-state index contributed by atoms with van der Waals surface area (Å²) < 4.78 is 7.57. The first-order chi connectivity index (χ1) is 11.6. The SMILES string of the molecule is CCn1ncc(NC(=O)c2[nH]ncc2I)c1C(=O)N1CCOCC1. The molecule has 0 radical (unpaired) electrons. The van der Waals surface area contributed by atoms with Gasteiger partial charge in [-0.05, 0) is 29.5 Å². The Kier molecular flexibility index (Phi) is 5.14. The maximum Gasteiger partial charge on any atom is 0.274 e. The largest absolute Gasteiger partial charge is 0.378 e. The number of ether oxygens (including phenoxy) is 1. The van der Waals surface area contributed by atoms with E-state index in [0.717, 1.165) is 0 Å². The van der Waals surface area contributed by atoms with Gasteiger partial charge >= 0.3 is 0 Å². The maximum absolute atomic E-state index is 12.8. The highest BCUT2D eigenvalue weighted by Gasteiger charge is 2.26. The fourth-order valence-electron chi connectivity index (χ4n) is 2.47. The van der Waals surface area contributed by atoms with Crippen LogP contribution in [-0.4, -0.2) is 63.0 Å². The van der Waals surface area contributed by atoms with Crippen molar-refractivity contribution >= 4 is 40.1 Å². The van der Waals surface area contributed by atoms with Crippen molar-refractivity contribution < 1.29 is 14.3 Å². The molecule has 2 N–H and O–H groups in total. The predicted molar refractivity (Wildman–Crippen MR) is 93.9 cm³/mol. The summed E-state index contributed by atoms with van der Waals surface area (Å²) in [4.78, 5) is 26.9. The topological polar surface area (TPSA) is 105 Å². The number of nitrogens with zero attached hydrogens (tertiary/aromatic N) is 4. The highest BCUT2D eigenvalue weighted by molar-refractivity contribution is 14.1. The van der Waals surface area contributed by atoms with Crippen LogP contribution in [0.15, 0.2) is 12.4 Å². The Morgan fingerprint density at radius 3 is 2.75 bits per heavy atom. The summed E-state index contributed by atoms with van der Waals surface area (Å²) in [7, 11) is 0. The average molecular weight is 444 g/mol. The molecular weight excluding hydrogens is 427 g/mol. The van der Waals surface area contributed by atoms with Crippen LogP contribution in [0.5, 0.6) is 0 Å². The molecule has 24 heavy (non-hydrogen) atoms. The number of amides is 2. The fourth-order valence-corrected chi connectivity index (χ4v) is 2.98. The van der Waals surface area contributed by atoms with Gasteiger partial charge in [0.25, 0.3) is 11.8 Å². The van der Waals surface area contributed by atoms with E-state index in [2.05, 4.69) is 20.6 Å². The second-order valence-electron chi connectivity index (χ2n) is 5.17. The molecule has 3 rings (SSSR count). The van der Waals surface area contributed by atoms with Crippen molar-refractivity contribution in [3.63, 3.8) is 0 Å². The number of H-pyrrole nitrogens is 1. The maximum atomic E-state index is 12.8. The van der Waals surface area contributed by atoms with Crippen molar-refractivity contribution in [1.29, 1.82) is 0 Å². The van der Waals surface area contributed by atoms with E-state index in [9.17, 15) is 9.59 Å². The van der Waals surface area contributed by atoms with Gasteiger partial charge in [0.15, 0.2) is 0 Å². The minimum atomic E-state index is -0.358. The molecule has 0 aliphatic carbocycles. The van der Waals surface area contributed by atoms with Crippen molar-refractivity contribution in [2.45, 2.75) is 13.5 Å². The van der Waals surface area contributed by atoms with Crippen LogP contribution < -0.4 is 5.32 Å². The number of rotatable bonds is 4. The smallest absolute Gasteiger partial charge is 0.274 e. The Labute approximate surface area is 151 Å². The van der Waals surface area contributed by atoms with Crippen LogP contribution in [-0.2, 0) is 11.3 Å². The zero-order valence-corrected chi connectivity index (χ0v) is 15.2. The van der Waals surface area contributed by atoms with Crippen molar-refractivity contribution in [1.82, 2.24) is 24.9 Å². The van der Waals surface area contributed by atoms with E-state index in [-0.39, 0.29) is 11.8 Å². The number of carbonyl (C=O) groups is 2. The molecule has 0 unspecified atom stereocenters. The lowest BCUT2D eigenvalue weighted by Gasteiger charge is -2.27. The number of halogens is 1. The second kappa shape index (κ2) is 7.30. The average Bonchev–Trinajstić information content (AvgIpc) is 3.21. The lowest BCUT2D eigenvalue weighted by Crippen LogP contribution is -2.41. The van der Waals surface area contributed by atoms with Crippen molar-refractivity contribution in [3.05, 3.63) is 27.4 Å². The Bertz CT molecular complexity index is 750. The molecule has 0 saturated carbocycles. The molecule has 2 aromatic heterocycles. The van der Waals surface area contributed by atoms with Crippen molar-refractivity contribution in [2.75, 3.05) is 31.6 Å². The molecule has 2 aromatic rings.